The summed E-state index contributed by atoms with van der Waals surface area (Å²) in [6.07, 6.45) is 4.56. The van der Waals surface area contributed by atoms with Crippen molar-refractivity contribution in [1.29, 1.82) is 0 Å². The van der Waals surface area contributed by atoms with Crippen LogP contribution in [-0.4, -0.2) is 40.4 Å². The first-order valence-electron chi connectivity index (χ1n) is 10.2. The van der Waals surface area contributed by atoms with Crippen LogP contribution in [0.4, 0.5) is 0 Å². The highest BCUT2D eigenvalue weighted by atomic mass is 127. The third kappa shape index (κ3) is 4.67. The Kier molecular flexibility index (Phi) is 7.31. The summed E-state index contributed by atoms with van der Waals surface area (Å²) in [7, 11) is 0. The number of fused-ring (bicyclic) bond motifs is 2. The number of guanidine groups is 1. The van der Waals surface area contributed by atoms with Gasteiger partial charge in [-0.3, -0.25) is 4.99 Å². The van der Waals surface area contributed by atoms with E-state index in [1.165, 1.54) is 24.0 Å². The van der Waals surface area contributed by atoms with Crippen molar-refractivity contribution in [3.05, 3.63) is 47.0 Å². The standard InChI is InChI=1S/C21H30N6.HI/c1-3-22-21(24-13-18-10-9-17-6-4-5-7-19(17)18)23-12-16-8-11-20-26-25-15(2)27(20)14-16;/h4-7,16,18H,3,8-14H2,1-2H3,(H2,22,23,24);1H. The molecule has 0 saturated carbocycles. The Morgan fingerprint density at radius 1 is 1.18 bits per heavy atom. The van der Waals surface area contributed by atoms with E-state index in [4.69, 9.17) is 4.99 Å². The van der Waals surface area contributed by atoms with Crippen LogP contribution in [0.1, 0.15) is 48.5 Å². The van der Waals surface area contributed by atoms with Crippen LogP contribution in [0, 0.1) is 12.8 Å². The van der Waals surface area contributed by atoms with Crippen LogP contribution >= 0.6 is 24.0 Å². The van der Waals surface area contributed by atoms with Crippen molar-refractivity contribution in [1.82, 2.24) is 25.4 Å². The molecule has 4 rings (SSSR count). The summed E-state index contributed by atoms with van der Waals surface area (Å²) in [5, 5.41) is 15.4. The number of rotatable bonds is 5. The van der Waals surface area contributed by atoms with Gasteiger partial charge in [0.25, 0.3) is 0 Å². The maximum absolute atomic E-state index is 4.88. The number of halogens is 1. The molecule has 1 aromatic carbocycles. The van der Waals surface area contributed by atoms with E-state index in [0.29, 0.717) is 11.8 Å². The average Bonchev–Trinajstić information content (AvgIpc) is 3.28. The summed E-state index contributed by atoms with van der Waals surface area (Å²) in [4.78, 5) is 4.88. The first-order valence-corrected chi connectivity index (χ1v) is 10.2. The second-order valence-electron chi connectivity index (χ2n) is 7.71. The molecule has 6 nitrogen and oxygen atoms in total. The minimum absolute atomic E-state index is 0. The lowest BCUT2D eigenvalue weighted by Gasteiger charge is -2.23. The van der Waals surface area contributed by atoms with Crippen molar-refractivity contribution in [3.8, 4) is 0 Å². The van der Waals surface area contributed by atoms with E-state index >= 15 is 0 Å². The molecular weight excluding hydrogens is 463 g/mol. The van der Waals surface area contributed by atoms with Gasteiger partial charge in [-0.25, -0.2) is 0 Å². The van der Waals surface area contributed by atoms with E-state index in [1.807, 2.05) is 6.92 Å². The van der Waals surface area contributed by atoms with Crippen molar-refractivity contribution in [2.75, 3.05) is 19.6 Å². The lowest BCUT2D eigenvalue weighted by atomic mass is 9.99. The number of hydrogen-bond donors (Lipinski definition) is 2. The monoisotopic (exact) mass is 494 g/mol. The van der Waals surface area contributed by atoms with Gasteiger partial charge < -0.3 is 15.2 Å². The largest absolute Gasteiger partial charge is 0.357 e. The fourth-order valence-electron chi connectivity index (χ4n) is 4.32. The number of aromatic nitrogens is 3. The highest BCUT2D eigenvalue weighted by molar-refractivity contribution is 14.0. The predicted molar refractivity (Wildman–Crippen MR) is 123 cm³/mol. The van der Waals surface area contributed by atoms with Gasteiger partial charge in [0.05, 0.1) is 0 Å². The zero-order valence-electron chi connectivity index (χ0n) is 16.8. The van der Waals surface area contributed by atoms with Crippen molar-refractivity contribution in [2.24, 2.45) is 10.9 Å². The summed E-state index contributed by atoms with van der Waals surface area (Å²) in [5.74, 6) is 4.21. The van der Waals surface area contributed by atoms with Gasteiger partial charge in [0, 0.05) is 38.5 Å². The Bertz CT molecular complexity index is 815. The molecule has 0 radical (unpaired) electrons. The molecule has 1 aromatic heterocycles. The lowest BCUT2D eigenvalue weighted by Crippen LogP contribution is -2.39. The SMILES string of the molecule is CCNC(=NCC1CCc2nnc(C)n2C1)NCC1CCc2ccccc21.I. The molecule has 0 bridgehead atoms. The fraction of sp³-hybridized carbons (Fsp3) is 0.571. The predicted octanol–water partition coefficient (Wildman–Crippen LogP) is 3.05. The number of aryl methyl sites for hydroxylation is 3. The van der Waals surface area contributed by atoms with Crippen LogP contribution in [0.3, 0.4) is 0 Å². The third-order valence-corrected chi connectivity index (χ3v) is 5.85. The third-order valence-electron chi connectivity index (χ3n) is 5.85. The second-order valence-corrected chi connectivity index (χ2v) is 7.71. The van der Waals surface area contributed by atoms with Gasteiger partial charge in [-0.2, -0.15) is 0 Å². The van der Waals surface area contributed by atoms with E-state index < -0.39 is 0 Å². The number of nitrogens with zero attached hydrogens (tertiary/aromatic N) is 4. The molecule has 7 heteroatoms. The normalized spacial score (nSPS) is 20.9. The first kappa shape index (κ1) is 21.1. The van der Waals surface area contributed by atoms with Gasteiger partial charge in [-0.1, -0.05) is 24.3 Å². The molecule has 2 atom stereocenters. The number of nitrogens with one attached hydrogen (secondary N) is 2. The molecule has 0 spiro atoms. The number of aliphatic imine (C=N–C) groups is 1. The Hall–Kier alpha value is -1.64. The Balaban J connectivity index is 0.00000225. The molecular formula is C21H31IN6. The van der Waals surface area contributed by atoms with Gasteiger partial charge in [-0.05, 0) is 50.2 Å². The molecule has 1 aliphatic heterocycles. The van der Waals surface area contributed by atoms with Crippen molar-refractivity contribution < 1.29 is 0 Å². The molecule has 2 unspecified atom stereocenters. The highest BCUT2D eigenvalue weighted by Gasteiger charge is 2.23. The van der Waals surface area contributed by atoms with Crippen LogP contribution in [0.25, 0.3) is 0 Å². The summed E-state index contributed by atoms with van der Waals surface area (Å²) in [6.45, 7) is 7.80. The lowest BCUT2D eigenvalue weighted by molar-refractivity contribution is 0.369. The smallest absolute Gasteiger partial charge is 0.191 e. The van der Waals surface area contributed by atoms with Gasteiger partial charge in [-0.15, -0.1) is 34.2 Å². The van der Waals surface area contributed by atoms with Gasteiger partial charge >= 0.3 is 0 Å². The number of hydrogen-bond acceptors (Lipinski definition) is 3. The van der Waals surface area contributed by atoms with Crippen molar-refractivity contribution >= 4 is 29.9 Å². The average molecular weight is 494 g/mol. The molecule has 1 aliphatic carbocycles. The first-order chi connectivity index (χ1) is 13.2. The summed E-state index contributed by atoms with van der Waals surface area (Å²) in [6, 6.07) is 8.84. The van der Waals surface area contributed by atoms with Crippen LogP contribution in [0.2, 0.25) is 0 Å². The topological polar surface area (TPSA) is 67.1 Å². The highest BCUT2D eigenvalue weighted by Crippen LogP contribution is 2.32. The number of benzene rings is 1. The molecule has 0 fully saturated rings. The van der Waals surface area contributed by atoms with Crippen LogP contribution in [-0.2, 0) is 19.4 Å². The van der Waals surface area contributed by atoms with Gasteiger partial charge in [0.1, 0.15) is 11.6 Å². The molecule has 28 heavy (non-hydrogen) atoms. The van der Waals surface area contributed by atoms with E-state index in [9.17, 15) is 0 Å². The molecule has 2 aromatic rings. The molecule has 152 valence electrons. The molecule has 2 heterocycles. The van der Waals surface area contributed by atoms with E-state index in [1.54, 1.807) is 0 Å². The van der Waals surface area contributed by atoms with Gasteiger partial charge in [0.2, 0.25) is 0 Å². The Morgan fingerprint density at radius 3 is 2.89 bits per heavy atom. The maximum Gasteiger partial charge on any atom is 0.191 e. The van der Waals surface area contributed by atoms with Crippen molar-refractivity contribution in [2.45, 2.75) is 52.0 Å². The molecule has 0 saturated heterocycles. The summed E-state index contributed by atoms with van der Waals surface area (Å²) in [5.41, 5.74) is 3.01. The molecule has 2 N–H and O–H groups in total. The maximum atomic E-state index is 4.88. The molecule has 0 amide bonds. The zero-order chi connectivity index (χ0) is 18.6. The van der Waals surface area contributed by atoms with Crippen molar-refractivity contribution in [3.63, 3.8) is 0 Å². The summed E-state index contributed by atoms with van der Waals surface area (Å²) < 4.78 is 2.25. The zero-order valence-corrected chi connectivity index (χ0v) is 19.1. The van der Waals surface area contributed by atoms with Crippen LogP contribution < -0.4 is 10.6 Å². The Labute approximate surface area is 184 Å². The minimum atomic E-state index is 0. The second kappa shape index (κ2) is 9.71. The Morgan fingerprint density at radius 2 is 2.04 bits per heavy atom. The van der Waals surface area contributed by atoms with Crippen LogP contribution in [0.5, 0.6) is 0 Å². The quantitative estimate of drug-likeness (QED) is 0.381. The van der Waals surface area contributed by atoms with Crippen LogP contribution in [0.15, 0.2) is 29.3 Å². The van der Waals surface area contributed by atoms with E-state index in [2.05, 4.69) is 56.6 Å². The van der Waals surface area contributed by atoms with E-state index in [0.717, 1.165) is 56.6 Å². The van der Waals surface area contributed by atoms with Gasteiger partial charge in [0.15, 0.2) is 5.96 Å². The molecule has 2 aliphatic rings. The van der Waals surface area contributed by atoms with E-state index in [-0.39, 0.29) is 24.0 Å². The fourth-order valence-corrected chi connectivity index (χ4v) is 4.32. The summed E-state index contributed by atoms with van der Waals surface area (Å²) >= 11 is 0. The minimum Gasteiger partial charge on any atom is -0.357 e.